The largest absolute Gasteiger partial charge is 0.287 e. The molecule has 2 heteroatoms. The van der Waals surface area contributed by atoms with Crippen LogP contribution in [0.3, 0.4) is 0 Å². The first-order valence-corrected chi connectivity index (χ1v) is 4.73. The Kier molecular flexibility index (Phi) is 3.35. The van der Waals surface area contributed by atoms with Gasteiger partial charge in [-0.15, -0.1) is 0 Å². The van der Waals surface area contributed by atoms with Crippen molar-refractivity contribution in [3.8, 4) is 0 Å². The minimum absolute atomic E-state index is 0.160. The monoisotopic (exact) mass is 180 g/mol. The number of carbonyl (C=O) groups excluding carboxylic acids is 1. The molecule has 0 aromatic rings. The predicted molar refractivity (Wildman–Crippen MR) is 53.9 cm³/mol. The van der Waals surface area contributed by atoms with Crippen molar-refractivity contribution in [1.82, 2.24) is 0 Å². The molecule has 0 spiro atoms. The SMILES string of the molecule is CC(=O)SC1=C(C)C=CC=CC1. The number of thioether (sulfide) groups is 1. The maximum absolute atomic E-state index is 10.9. The van der Waals surface area contributed by atoms with Gasteiger partial charge in [-0.3, -0.25) is 4.79 Å². The standard InChI is InChI=1S/C10H12OS/c1-8-6-4-3-5-7-10(8)12-9(2)11/h3-6H,7H2,1-2H3. The minimum atomic E-state index is 0.160. The number of rotatable bonds is 1. The van der Waals surface area contributed by atoms with E-state index in [4.69, 9.17) is 0 Å². The van der Waals surface area contributed by atoms with E-state index in [9.17, 15) is 4.79 Å². The summed E-state index contributed by atoms with van der Waals surface area (Å²) in [5, 5.41) is 0.160. The first-order chi connectivity index (χ1) is 5.70. The molecule has 0 aromatic heterocycles. The molecule has 0 aliphatic heterocycles. The topological polar surface area (TPSA) is 17.1 Å². The van der Waals surface area contributed by atoms with E-state index >= 15 is 0 Å². The van der Waals surface area contributed by atoms with Crippen LogP contribution in [0.2, 0.25) is 0 Å². The maximum atomic E-state index is 10.9. The highest BCUT2D eigenvalue weighted by molar-refractivity contribution is 8.16. The van der Waals surface area contributed by atoms with Gasteiger partial charge in [0.1, 0.15) is 0 Å². The molecule has 0 N–H and O–H groups in total. The Morgan fingerprint density at radius 2 is 2.25 bits per heavy atom. The molecule has 0 unspecified atom stereocenters. The Bertz CT molecular complexity index is 272. The van der Waals surface area contributed by atoms with Gasteiger partial charge in [0.15, 0.2) is 5.12 Å². The van der Waals surface area contributed by atoms with Crippen LogP contribution in [0, 0.1) is 0 Å². The quantitative estimate of drug-likeness (QED) is 0.617. The van der Waals surface area contributed by atoms with Crippen LogP contribution in [0.1, 0.15) is 20.3 Å². The molecule has 1 aliphatic carbocycles. The maximum Gasteiger partial charge on any atom is 0.190 e. The molecule has 0 fully saturated rings. The van der Waals surface area contributed by atoms with E-state index in [1.807, 2.05) is 25.2 Å². The van der Waals surface area contributed by atoms with Gasteiger partial charge in [-0.1, -0.05) is 36.1 Å². The van der Waals surface area contributed by atoms with Crippen LogP contribution in [-0.4, -0.2) is 5.12 Å². The van der Waals surface area contributed by atoms with Gasteiger partial charge in [0.05, 0.1) is 0 Å². The number of hydrogen-bond donors (Lipinski definition) is 0. The van der Waals surface area contributed by atoms with E-state index in [0.717, 1.165) is 11.3 Å². The summed E-state index contributed by atoms with van der Waals surface area (Å²) in [6.07, 6.45) is 9.00. The molecule has 0 bridgehead atoms. The molecule has 64 valence electrons. The highest BCUT2D eigenvalue weighted by Gasteiger charge is 2.04. The summed E-state index contributed by atoms with van der Waals surface area (Å²) in [4.78, 5) is 12.0. The van der Waals surface area contributed by atoms with Crippen molar-refractivity contribution in [3.05, 3.63) is 34.8 Å². The van der Waals surface area contributed by atoms with Crippen LogP contribution in [-0.2, 0) is 4.79 Å². The van der Waals surface area contributed by atoms with Gasteiger partial charge in [0, 0.05) is 6.92 Å². The van der Waals surface area contributed by atoms with Gasteiger partial charge in [0.25, 0.3) is 0 Å². The van der Waals surface area contributed by atoms with Crippen molar-refractivity contribution < 1.29 is 4.79 Å². The third-order valence-electron chi connectivity index (χ3n) is 1.60. The molecule has 12 heavy (non-hydrogen) atoms. The molecular formula is C10H12OS. The summed E-state index contributed by atoms with van der Waals surface area (Å²) in [7, 11) is 0. The summed E-state index contributed by atoms with van der Waals surface area (Å²) in [5.74, 6) is 0. The Hall–Kier alpha value is -0.760. The smallest absolute Gasteiger partial charge is 0.190 e. The number of carbonyl (C=O) groups is 1. The fraction of sp³-hybridized carbons (Fsp3) is 0.300. The molecule has 0 radical (unpaired) electrons. The molecule has 0 aromatic carbocycles. The van der Waals surface area contributed by atoms with Crippen molar-refractivity contribution >= 4 is 16.9 Å². The lowest BCUT2D eigenvalue weighted by Crippen LogP contribution is -1.86. The fourth-order valence-electron chi connectivity index (χ4n) is 1.00. The molecule has 0 saturated heterocycles. The third kappa shape index (κ3) is 2.70. The van der Waals surface area contributed by atoms with Gasteiger partial charge < -0.3 is 0 Å². The summed E-state index contributed by atoms with van der Waals surface area (Å²) in [5.41, 5.74) is 1.19. The Morgan fingerprint density at radius 3 is 2.92 bits per heavy atom. The van der Waals surface area contributed by atoms with Gasteiger partial charge in [-0.25, -0.2) is 0 Å². The second-order valence-electron chi connectivity index (χ2n) is 2.69. The first-order valence-electron chi connectivity index (χ1n) is 3.91. The first kappa shape index (κ1) is 9.33. The van der Waals surface area contributed by atoms with Crippen LogP contribution in [0.15, 0.2) is 34.8 Å². The second-order valence-corrected chi connectivity index (χ2v) is 3.96. The molecule has 0 heterocycles. The van der Waals surface area contributed by atoms with Gasteiger partial charge in [-0.05, 0) is 23.8 Å². The fourth-order valence-corrected chi connectivity index (χ4v) is 1.76. The average molecular weight is 180 g/mol. The lowest BCUT2D eigenvalue weighted by Gasteiger charge is -2.02. The van der Waals surface area contributed by atoms with Crippen molar-refractivity contribution in [1.29, 1.82) is 0 Å². The van der Waals surface area contributed by atoms with Crippen molar-refractivity contribution in [2.24, 2.45) is 0 Å². The van der Waals surface area contributed by atoms with Crippen molar-refractivity contribution in [3.63, 3.8) is 0 Å². The molecule has 0 amide bonds. The van der Waals surface area contributed by atoms with Crippen LogP contribution in [0.5, 0.6) is 0 Å². The number of allylic oxidation sites excluding steroid dienone is 6. The zero-order valence-corrected chi connectivity index (χ0v) is 8.15. The van der Waals surface area contributed by atoms with Crippen LogP contribution < -0.4 is 0 Å². The van der Waals surface area contributed by atoms with E-state index in [1.54, 1.807) is 6.92 Å². The van der Waals surface area contributed by atoms with Gasteiger partial charge in [-0.2, -0.15) is 0 Å². The average Bonchev–Trinajstić information content (AvgIpc) is 2.16. The molecule has 1 aliphatic rings. The molecule has 0 atom stereocenters. The second kappa shape index (κ2) is 4.31. The zero-order chi connectivity index (χ0) is 8.97. The van der Waals surface area contributed by atoms with E-state index in [-0.39, 0.29) is 5.12 Å². The molecule has 1 nitrogen and oxygen atoms in total. The minimum Gasteiger partial charge on any atom is -0.287 e. The van der Waals surface area contributed by atoms with Crippen molar-refractivity contribution in [2.75, 3.05) is 0 Å². The van der Waals surface area contributed by atoms with E-state index in [1.165, 1.54) is 17.3 Å². The van der Waals surface area contributed by atoms with Crippen LogP contribution in [0.25, 0.3) is 0 Å². The van der Waals surface area contributed by atoms with E-state index in [0.29, 0.717) is 0 Å². The van der Waals surface area contributed by atoms with Gasteiger partial charge in [0.2, 0.25) is 0 Å². The highest BCUT2D eigenvalue weighted by Crippen LogP contribution is 2.26. The molecule has 0 saturated carbocycles. The van der Waals surface area contributed by atoms with Crippen LogP contribution in [0.4, 0.5) is 0 Å². The third-order valence-corrected chi connectivity index (χ3v) is 2.63. The summed E-state index contributed by atoms with van der Waals surface area (Å²) in [6.45, 7) is 3.64. The normalized spacial score (nSPS) is 16.5. The highest BCUT2D eigenvalue weighted by atomic mass is 32.2. The number of hydrogen-bond acceptors (Lipinski definition) is 2. The lowest BCUT2D eigenvalue weighted by molar-refractivity contribution is -0.109. The lowest BCUT2D eigenvalue weighted by atomic mass is 10.2. The Balaban J connectivity index is 2.78. The Labute approximate surface area is 77.2 Å². The van der Waals surface area contributed by atoms with Crippen molar-refractivity contribution in [2.45, 2.75) is 20.3 Å². The van der Waals surface area contributed by atoms with Crippen LogP contribution >= 0.6 is 11.8 Å². The summed E-state index contributed by atoms with van der Waals surface area (Å²) < 4.78 is 0. The predicted octanol–water partition coefficient (Wildman–Crippen LogP) is 3.06. The van der Waals surface area contributed by atoms with E-state index in [2.05, 4.69) is 6.08 Å². The zero-order valence-electron chi connectivity index (χ0n) is 7.33. The van der Waals surface area contributed by atoms with Gasteiger partial charge >= 0.3 is 0 Å². The van der Waals surface area contributed by atoms with E-state index < -0.39 is 0 Å². The Morgan fingerprint density at radius 1 is 1.50 bits per heavy atom. The molecular weight excluding hydrogens is 168 g/mol. The summed E-state index contributed by atoms with van der Waals surface area (Å²) in [6, 6.07) is 0. The summed E-state index contributed by atoms with van der Waals surface area (Å²) >= 11 is 1.34. The molecule has 1 rings (SSSR count).